The number of nitrogens with zero attached hydrogens (tertiary/aromatic N) is 1. The van der Waals surface area contributed by atoms with Crippen molar-refractivity contribution in [2.75, 3.05) is 13.1 Å². The highest BCUT2D eigenvalue weighted by molar-refractivity contribution is 4.97. The summed E-state index contributed by atoms with van der Waals surface area (Å²) in [6.45, 7) is 4.61. The van der Waals surface area contributed by atoms with Crippen molar-refractivity contribution < 1.29 is 5.11 Å². The summed E-state index contributed by atoms with van der Waals surface area (Å²) in [5.41, 5.74) is 0. The van der Waals surface area contributed by atoms with Gasteiger partial charge in [0.25, 0.3) is 0 Å². The molecule has 1 saturated carbocycles. The van der Waals surface area contributed by atoms with Gasteiger partial charge in [0.1, 0.15) is 0 Å². The molecule has 2 N–H and O–H groups in total. The summed E-state index contributed by atoms with van der Waals surface area (Å²) < 4.78 is 0. The molecule has 2 saturated heterocycles. The van der Waals surface area contributed by atoms with Crippen LogP contribution in [0.1, 0.15) is 58.3 Å². The summed E-state index contributed by atoms with van der Waals surface area (Å²) in [5.74, 6) is 0.840. The predicted octanol–water partition coefficient (Wildman–Crippen LogP) is 2.14. The van der Waals surface area contributed by atoms with Crippen molar-refractivity contribution in [2.45, 2.75) is 82.5 Å². The first-order chi connectivity index (χ1) is 9.28. The fraction of sp³-hybridized carbons (Fsp3) is 1.00. The van der Waals surface area contributed by atoms with Gasteiger partial charge < -0.3 is 10.4 Å². The molecule has 0 radical (unpaired) electrons. The summed E-state index contributed by atoms with van der Waals surface area (Å²) in [7, 11) is 0. The van der Waals surface area contributed by atoms with Crippen molar-refractivity contribution in [2.24, 2.45) is 5.92 Å². The lowest BCUT2D eigenvalue weighted by molar-refractivity contribution is 0.0197. The van der Waals surface area contributed by atoms with E-state index < -0.39 is 0 Å². The van der Waals surface area contributed by atoms with Crippen LogP contribution < -0.4 is 5.32 Å². The average Bonchev–Trinajstić information content (AvgIpc) is 2.64. The quantitative estimate of drug-likeness (QED) is 0.818. The number of hydrogen-bond acceptors (Lipinski definition) is 3. The first-order valence-corrected chi connectivity index (χ1v) is 8.45. The van der Waals surface area contributed by atoms with Crippen LogP contribution in [-0.4, -0.2) is 47.3 Å². The molecule has 110 valence electrons. The van der Waals surface area contributed by atoms with Crippen molar-refractivity contribution in [1.29, 1.82) is 0 Å². The van der Waals surface area contributed by atoms with E-state index in [9.17, 15) is 5.11 Å². The number of piperidine rings is 1. The van der Waals surface area contributed by atoms with E-state index in [0.717, 1.165) is 31.3 Å². The largest absolute Gasteiger partial charge is 0.393 e. The molecule has 0 aromatic heterocycles. The fourth-order valence-electron chi connectivity index (χ4n) is 4.77. The van der Waals surface area contributed by atoms with E-state index in [4.69, 9.17) is 0 Å². The number of aliphatic hydroxyl groups excluding tert-OH is 1. The Hall–Kier alpha value is -0.120. The van der Waals surface area contributed by atoms with Gasteiger partial charge in [0.05, 0.1) is 6.10 Å². The van der Waals surface area contributed by atoms with Crippen LogP contribution in [0.2, 0.25) is 0 Å². The molecule has 2 heterocycles. The van der Waals surface area contributed by atoms with E-state index in [2.05, 4.69) is 17.1 Å². The third-order valence-corrected chi connectivity index (χ3v) is 5.68. The minimum absolute atomic E-state index is 0.0235. The topological polar surface area (TPSA) is 35.5 Å². The second kappa shape index (κ2) is 6.11. The van der Waals surface area contributed by atoms with Gasteiger partial charge in [-0.1, -0.05) is 19.8 Å². The lowest BCUT2D eigenvalue weighted by Gasteiger charge is -2.42. The average molecular weight is 266 g/mol. The monoisotopic (exact) mass is 266 g/mol. The summed E-state index contributed by atoms with van der Waals surface area (Å²) in [4.78, 5) is 2.76. The Labute approximate surface area is 117 Å². The minimum atomic E-state index is -0.0235. The third-order valence-electron chi connectivity index (χ3n) is 5.68. The van der Waals surface area contributed by atoms with Gasteiger partial charge in [-0.3, -0.25) is 4.90 Å². The molecule has 19 heavy (non-hydrogen) atoms. The number of hydrogen-bond donors (Lipinski definition) is 2. The van der Waals surface area contributed by atoms with E-state index in [0.29, 0.717) is 12.1 Å². The zero-order valence-corrected chi connectivity index (χ0v) is 12.4. The summed E-state index contributed by atoms with van der Waals surface area (Å²) in [6, 6.07) is 2.10. The Bertz CT molecular complexity index is 280. The van der Waals surface area contributed by atoms with Gasteiger partial charge >= 0.3 is 0 Å². The molecule has 0 spiro atoms. The van der Waals surface area contributed by atoms with E-state index in [1.165, 1.54) is 45.1 Å². The first kappa shape index (κ1) is 13.8. The van der Waals surface area contributed by atoms with Crippen LogP contribution in [0.5, 0.6) is 0 Å². The summed E-state index contributed by atoms with van der Waals surface area (Å²) in [6.07, 6.45) is 10.2. The molecule has 3 heteroatoms. The Kier molecular flexibility index (Phi) is 4.45. The highest BCUT2D eigenvalue weighted by Crippen LogP contribution is 2.37. The Morgan fingerprint density at radius 1 is 1.05 bits per heavy atom. The van der Waals surface area contributed by atoms with Crippen LogP contribution in [0.25, 0.3) is 0 Å². The van der Waals surface area contributed by atoms with Gasteiger partial charge in [-0.25, -0.2) is 0 Å². The van der Waals surface area contributed by atoms with Crippen LogP contribution in [0, 0.1) is 5.92 Å². The van der Waals surface area contributed by atoms with Crippen LogP contribution in [0.15, 0.2) is 0 Å². The lowest BCUT2D eigenvalue weighted by Crippen LogP contribution is -2.50. The normalized spacial score (nSPS) is 43.6. The van der Waals surface area contributed by atoms with E-state index in [-0.39, 0.29) is 6.10 Å². The molecule has 3 aliphatic rings. The zero-order chi connectivity index (χ0) is 13.2. The first-order valence-electron chi connectivity index (χ1n) is 8.45. The maximum absolute atomic E-state index is 9.91. The van der Waals surface area contributed by atoms with Crippen molar-refractivity contribution in [3.05, 3.63) is 0 Å². The molecule has 0 amide bonds. The van der Waals surface area contributed by atoms with Crippen molar-refractivity contribution in [1.82, 2.24) is 10.2 Å². The third kappa shape index (κ3) is 2.98. The van der Waals surface area contributed by atoms with Crippen molar-refractivity contribution in [3.63, 3.8) is 0 Å². The smallest absolute Gasteiger partial charge is 0.0570 e. The Morgan fingerprint density at radius 3 is 2.42 bits per heavy atom. The highest BCUT2D eigenvalue weighted by Gasteiger charge is 2.41. The number of rotatable bonds is 4. The van der Waals surface area contributed by atoms with Crippen LogP contribution in [-0.2, 0) is 0 Å². The van der Waals surface area contributed by atoms with Gasteiger partial charge in [0, 0.05) is 24.7 Å². The lowest BCUT2D eigenvalue weighted by atomic mass is 9.83. The van der Waals surface area contributed by atoms with Gasteiger partial charge in [-0.2, -0.15) is 0 Å². The minimum Gasteiger partial charge on any atom is -0.393 e. The standard InChI is InChI=1S/C16H30N2O/c1-2-17-16-6-4-3-5-12(16)11-18-13-7-8-14(18)10-15(19)9-13/h12-17,19H,2-11H2,1H3. The number of nitrogens with one attached hydrogen (secondary N) is 1. The SMILES string of the molecule is CCNC1CCCCC1CN1C2CCC1CC(O)C2. The van der Waals surface area contributed by atoms with E-state index >= 15 is 0 Å². The number of aliphatic hydroxyl groups is 1. The predicted molar refractivity (Wildman–Crippen MR) is 78.2 cm³/mol. The molecule has 3 fully saturated rings. The molecule has 0 aromatic carbocycles. The number of fused-ring (bicyclic) bond motifs is 2. The molecule has 1 aliphatic carbocycles. The molecule has 2 bridgehead atoms. The molecular formula is C16H30N2O. The Morgan fingerprint density at radius 2 is 1.74 bits per heavy atom. The second-order valence-corrected chi connectivity index (χ2v) is 6.92. The van der Waals surface area contributed by atoms with Gasteiger partial charge in [-0.05, 0) is 51.0 Å². The molecule has 0 aromatic rings. The molecule has 4 unspecified atom stereocenters. The van der Waals surface area contributed by atoms with Gasteiger partial charge in [0.15, 0.2) is 0 Å². The van der Waals surface area contributed by atoms with Crippen LogP contribution in [0.3, 0.4) is 0 Å². The molecule has 4 atom stereocenters. The van der Waals surface area contributed by atoms with Gasteiger partial charge in [0.2, 0.25) is 0 Å². The Balaban J connectivity index is 1.60. The van der Waals surface area contributed by atoms with E-state index in [1.54, 1.807) is 0 Å². The fourth-order valence-corrected chi connectivity index (χ4v) is 4.77. The van der Waals surface area contributed by atoms with Crippen LogP contribution >= 0.6 is 0 Å². The maximum atomic E-state index is 9.91. The molecular weight excluding hydrogens is 236 g/mol. The van der Waals surface area contributed by atoms with E-state index in [1.807, 2.05) is 0 Å². The molecule has 3 nitrogen and oxygen atoms in total. The zero-order valence-electron chi connectivity index (χ0n) is 12.4. The summed E-state index contributed by atoms with van der Waals surface area (Å²) in [5, 5.41) is 13.6. The van der Waals surface area contributed by atoms with Crippen LogP contribution in [0.4, 0.5) is 0 Å². The molecule has 2 aliphatic heterocycles. The van der Waals surface area contributed by atoms with Crippen molar-refractivity contribution >= 4 is 0 Å². The molecule has 3 rings (SSSR count). The van der Waals surface area contributed by atoms with Crippen molar-refractivity contribution in [3.8, 4) is 0 Å². The highest BCUT2D eigenvalue weighted by atomic mass is 16.3. The van der Waals surface area contributed by atoms with Gasteiger partial charge in [-0.15, -0.1) is 0 Å². The second-order valence-electron chi connectivity index (χ2n) is 6.92. The summed E-state index contributed by atoms with van der Waals surface area (Å²) >= 11 is 0. The maximum Gasteiger partial charge on any atom is 0.0570 e.